The molecule has 0 fully saturated rings. The molecule has 0 radical (unpaired) electrons. The van der Waals surface area contributed by atoms with Crippen LogP contribution >= 0.6 is 15.9 Å². The summed E-state index contributed by atoms with van der Waals surface area (Å²) in [6.45, 7) is 0. The Morgan fingerprint density at radius 1 is 1.47 bits per heavy atom. The highest BCUT2D eigenvalue weighted by molar-refractivity contribution is 9.10. The first-order valence-electron chi connectivity index (χ1n) is 4.34. The number of carbonyl (C=O) groups excluding carboxylic acids is 1. The van der Waals surface area contributed by atoms with Crippen molar-refractivity contribution in [2.75, 3.05) is 7.11 Å². The van der Waals surface area contributed by atoms with E-state index in [9.17, 15) is 13.6 Å². The minimum atomic E-state index is -0.950. The van der Waals surface area contributed by atoms with E-state index in [1.807, 2.05) is 0 Å². The number of esters is 1. The van der Waals surface area contributed by atoms with Crippen molar-refractivity contribution in [2.24, 2.45) is 0 Å². The Balaban J connectivity index is 3.31. The molecule has 0 aliphatic rings. The number of hydrogen-bond acceptors (Lipinski definition) is 3. The summed E-state index contributed by atoms with van der Waals surface area (Å²) in [6.07, 6.45) is 0.808. The third kappa shape index (κ3) is 3.11. The second kappa shape index (κ2) is 5.55. The second-order valence-corrected chi connectivity index (χ2v) is 3.86. The van der Waals surface area contributed by atoms with Crippen LogP contribution in [0.2, 0.25) is 0 Å². The van der Waals surface area contributed by atoms with Crippen LogP contribution < -0.4 is 0 Å². The van der Waals surface area contributed by atoms with E-state index in [-0.39, 0.29) is 4.47 Å². The Kier molecular flexibility index (Phi) is 4.35. The molecule has 1 aromatic rings. The Bertz CT molecular complexity index is 512. The van der Waals surface area contributed by atoms with Gasteiger partial charge in [0.25, 0.3) is 0 Å². The maximum atomic E-state index is 13.4. The van der Waals surface area contributed by atoms with Crippen LogP contribution in [0.15, 0.2) is 22.2 Å². The molecule has 1 aromatic carbocycles. The molecule has 0 saturated carbocycles. The van der Waals surface area contributed by atoms with E-state index in [0.29, 0.717) is 0 Å². The number of nitrogens with zero attached hydrogens (tertiary/aromatic N) is 1. The van der Waals surface area contributed by atoms with Crippen molar-refractivity contribution in [3.63, 3.8) is 0 Å². The smallest absolute Gasteiger partial charge is 0.348 e. The average molecular weight is 302 g/mol. The van der Waals surface area contributed by atoms with Crippen LogP contribution in [0.3, 0.4) is 0 Å². The summed E-state index contributed by atoms with van der Waals surface area (Å²) in [6, 6.07) is 3.57. The zero-order chi connectivity index (χ0) is 13.0. The first kappa shape index (κ1) is 13.3. The van der Waals surface area contributed by atoms with Gasteiger partial charge in [0.1, 0.15) is 23.3 Å². The standard InChI is InChI=1S/C11H6BrF2NO2/c1-17-11(16)6(5-15)2-8-9(13)3-7(12)4-10(8)14/h2-4H,1H3/b6-2+. The van der Waals surface area contributed by atoms with Crippen molar-refractivity contribution in [3.8, 4) is 6.07 Å². The SMILES string of the molecule is COC(=O)/C(C#N)=C/c1c(F)cc(Br)cc1F. The van der Waals surface area contributed by atoms with E-state index in [4.69, 9.17) is 5.26 Å². The monoisotopic (exact) mass is 301 g/mol. The van der Waals surface area contributed by atoms with Crippen LogP contribution in [0.4, 0.5) is 8.78 Å². The molecule has 0 aromatic heterocycles. The van der Waals surface area contributed by atoms with Crippen molar-refractivity contribution >= 4 is 28.0 Å². The van der Waals surface area contributed by atoms with Gasteiger partial charge in [-0.15, -0.1) is 0 Å². The van der Waals surface area contributed by atoms with Crippen LogP contribution in [0.1, 0.15) is 5.56 Å². The Labute approximate surface area is 104 Å². The van der Waals surface area contributed by atoms with Gasteiger partial charge in [-0.2, -0.15) is 5.26 Å². The van der Waals surface area contributed by atoms with Crippen LogP contribution in [0, 0.1) is 23.0 Å². The number of benzene rings is 1. The number of methoxy groups -OCH3 is 1. The summed E-state index contributed by atoms with van der Waals surface area (Å²) in [4.78, 5) is 11.1. The molecule has 0 atom stereocenters. The number of carbonyl (C=O) groups is 1. The van der Waals surface area contributed by atoms with Crippen molar-refractivity contribution in [1.82, 2.24) is 0 Å². The molecule has 0 aliphatic carbocycles. The predicted octanol–water partition coefficient (Wildman–Crippen LogP) is 2.81. The lowest BCUT2D eigenvalue weighted by Crippen LogP contribution is -2.03. The van der Waals surface area contributed by atoms with Gasteiger partial charge >= 0.3 is 5.97 Å². The summed E-state index contributed by atoms with van der Waals surface area (Å²) in [7, 11) is 1.07. The normalized spacial score (nSPS) is 10.9. The first-order chi connectivity index (χ1) is 7.99. The minimum absolute atomic E-state index is 0.223. The van der Waals surface area contributed by atoms with Gasteiger partial charge in [0.05, 0.1) is 7.11 Å². The van der Waals surface area contributed by atoms with Crippen LogP contribution in [-0.4, -0.2) is 13.1 Å². The first-order valence-corrected chi connectivity index (χ1v) is 5.13. The fourth-order valence-electron chi connectivity index (χ4n) is 1.08. The average Bonchev–Trinajstić information content (AvgIpc) is 2.27. The molecule has 0 spiro atoms. The van der Waals surface area contributed by atoms with E-state index in [0.717, 1.165) is 25.3 Å². The van der Waals surface area contributed by atoms with Crippen LogP contribution in [0.5, 0.6) is 0 Å². The summed E-state index contributed by atoms with van der Waals surface area (Å²) in [5, 5.41) is 8.65. The molecule has 1 rings (SSSR count). The van der Waals surface area contributed by atoms with Gasteiger partial charge in [0.2, 0.25) is 0 Å². The molecular weight excluding hydrogens is 296 g/mol. The van der Waals surface area contributed by atoms with Crippen LogP contribution in [-0.2, 0) is 9.53 Å². The lowest BCUT2D eigenvalue weighted by molar-refractivity contribution is -0.135. The van der Waals surface area contributed by atoms with E-state index < -0.39 is 28.7 Å². The van der Waals surface area contributed by atoms with Gasteiger partial charge in [0.15, 0.2) is 0 Å². The largest absolute Gasteiger partial charge is 0.465 e. The Morgan fingerprint density at radius 3 is 2.41 bits per heavy atom. The fraction of sp³-hybridized carbons (Fsp3) is 0.0909. The van der Waals surface area contributed by atoms with E-state index in [1.165, 1.54) is 6.07 Å². The number of hydrogen-bond donors (Lipinski definition) is 0. The third-order valence-electron chi connectivity index (χ3n) is 1.86. The van der Waals surface area contributed by atoms with Gasteiger partial charge in [-0.1, -0.05) is 15.9 Å². The molecule has 88 valence electrons. The van der Waals surface area contributed by atoms with Crippen molar-refractivity contribution in [1.29, 1.82) is 5.26 Å². The number of rotatable bonds is 2. The summed E-state index contributed by atoms with van der Waals surface area (Å²) >= 11 is 2.92. The molecule has 3 nitrogen and oxygen atoms in total. The lowest BCUT2D eigenvalue weighted by atomic mass is 10.1. The number of nitriles is 1. The molecular formula is C11H6BrF2NO2. The number of ether oxygens (including phenoxy) is 1. The van der Waals surface area contributed by atoms with Gasteiger partial charge in [-0.05, 0) is 18.2 Å². The third-order valence-corrected chi connectivity index (χ3v) is 2.32. The Morgan fingerprint density at radius 2 is 2.00 bits per heavy atom. The molecule has 6 heteroatoms. The molecule has 0 bridgehead atoms. The molecule has 0 saturated heterocycles. The highest BCUT2D eigenvalue weighted by Gasteiger charge is 2.14. The number of halogens is 3. The fourth-order valence-corrected chi connectivity index (χ4v) is 1.48. The van der Waals surface area contributed by atoms with E-state index in [2.05, 4.69) is 20.7 Å². The second-order valence-electron chi connectivity index (χ2n) is 2.94. The summed E-state index contributed by atoms with van der Waals surface area (Å²) < 4.78 is 31.3. The van der Waals surface area contributed by atoms with Gasteiger partial charge in [0, 0.05) is 10.0 Å². The van der Waals surface area contributed by atoms with Gasteiger partial charge < -0.3 is 4.74 Å². The molecule has 0 unspecified atom stereocenters. The molecule has 0 heterocycles. The Hall–Kier alpha value is -1.74. The van der Waals surface area contributed by atoms with Crippen molar-refractivity contribution < 1.29 is 18.3 Å². The molecule has 17 heavy (non-hydrogen) atoms. The summed E-state index contributed by atoms with van der Waals surface area (Å²) in [5.74, 6) is -2.71. The molecule has 0 amide bonds. The minimum Gasteiger partial charge on any atom is -0.465 e. The topological polar surface area (TPSA) is 50.1 Å². The van der Waals surface area contributed by atoms with Crippen LogP contribution in [0.25, 0.3) is 6.08 Å². The maximum Gasteiger partial charge on any atom is 0.348 e. The highest BCUT2D eigenvalue weighted by Crippen LogP contribution is 2.21. The zero-order valence-electron chi connectivity index (χ0n) is 8.63. The zero-order valence-corrected chi connectivity index (χ0v) is 10.2. The van der Waals surface area contributed by atoms with Gasteiger partial charge in [-0.25, -0.2) is 13.6 Å². The molecule has 0 aliphatic heterocycles. The van der Waals surface area contributed by atoms with Gasteiger partial charge in [-0.3, -0.25) is 0 Å². The summed E-state index contributed by atoms with van der Waals surface area (Å²) in [5.41, 5.74) is -0.942. The molecule has 0 N–H and O–H groups in total. The maximum absolute atomic E-state index is 13.4. The quantitative estimate of drug-likeness (QED) is 0.479. The van der Waals surface area contributed by atoms with Crippen molar-refractivity contribution in [2.45, 2.75) is 0 Å². The van der Waals surface area contributed by atoms with E-state index in [1.54, 1.807) is 0 Å². The van der Waals surface area contributed by atoms with Crippen molar-refractivity contribution in [3.05, 3.63) is 39.4 Å². The lowest BCUT2D eigenvalue weighted by Gasteiger charge is -2.01. The predicted molar refractivity (Wildman–Crippen MR) is 59.7 cm³/mol. The highest BCUT2D eigenvalue weighted by atomic mass is 79.9. The van der Waals surface area contributed by atoms with E-state index >= 15 is 0 Å².